The highest BCUT2D eigenvalue weighted by molar-refractivity contribution is 7.80. The Bertz CT molecular complexity index is 175. The monoisotopic (exact) mass is 174 g/mol. The smallest absolute Gasteiger partial charge is 0.312 e. The van der Waals surface area contributed by atoms with Crippen LogP contribution in [0, 0.1) is 0 Å². The summed E-state index contributed by atoms with van der Waals surface area (Å²) in [6.45, 7) is 2.37. The van der Waals surface area contributed by atoms with Gasteiger partial charge in [-0.05, 0) is 6.92 Å². The van der Waals surface area contributed by atoms with Crippen molar-refractivity contribution in [3.05, 3.63) is 0 Å². The third-order valence-corrected chi connectivity index (χ3v) is 2.03. The molecule has 5 heteroatoms. The van der Waals surface area contributed by atoms with Gasteiger partial charge in [0.25, 0.3) is 5.91 Å². The second-order valence-electron chi connectivity index (χ2n) is 2.28. The number of thiol groups is 1. The van der Waals surface area contributed by atoms with Crippen molar-refractivity contribution in [2.24, 2.45) is 0 Å². The minimum absolute atomic E-state index is 0.244. The van der Waals surface area contributed by atoms with Crippen LogP contribution in [0.3, 0.4) is 0 Å². The van der Waals surface area contributed by atoms with E-state index in [-0.39, 0.29) is 18.0 Å². The first-order valence-electron chi connectivity index (χ1n) is 3.43. The van der Waals surface area contributed by atoms with Crippen LogP contribution in [0.15, 0.2) is 0 Å². The largest absolute Gasteiger partial charge is 0.324 e. The maximum absolute atomic E-state index is 11.0. The van der Waals surface area contributed by atoms with E-state index >= 15 is 0 Å². The molecule has 1 fully saturated rings. The molecule has 0 radical (unpaired) electrons. The number of carbonyl (C=O) groups is 2. The summed E-state index contributed by atoms with van der Waals surface area (Å²) in [6, 6.07) is -0.688. The third kappa shape index (κ3) is 1.33. The Morgan fingerprint density at radius 2 is 2.27 bits per heavy atom. The summed E-state index contributed by atoms with van der Waals surface area (Å²) >= 11 is 3.97. The van der Waals surface area contributed by atoms with E-state index < -0.39 is 0 Å². The molecule has 11 heavy (non-hydrogen) atoms. The Kier molecular flexibility index (Phi) is 2.38. The number of nitrogens with one attached hydrogen (secondary N) is 1. The summed E-state index contributed by atoms with van der Waals surface area (Å²) in [5.41, 5.74) is 0. The average molecular weight is 174 g/mol. The van der Waals surface area contributed by atoms with Gasteiger partial charge in [0, 0.05) is 12.3 Å². The predicted octanol–water partition coefficient (Wildman–Crippen LogP) is -0.144. The van der Waals surface area contributed by atoms with Crippen LogP contribution in [0.1, 0.15) is 6.92 Å². The fraction of sp³-hybridized carbons (Fsp3) is 0.667. The fourth-order valence-electron chi connectivity index (χ4n) is 1.09. The van der Waals surface area contributed by atoms with Crippen molar-refractivity contribution < 1.29 is 9.59 Å². The first kappa shape index (κ1) is 8.39. The first-order chi connectivity index (χ1) is 5.20. The number of amides is 3. The summed E-state index contributed by atoms with van der Waals surface area (Å²) in [4.78, 5) is 23.4. The third-order valence-electron chi connectivity index (χ3n) is 1.68. The highest BCUT2D eigenvalue weighted by Gasteiger charge is 2.35. The van der Waals surface area contributed by atoms with E-state index in [1.54, 1.807) is 0 Å². The van der Waals surface area contributed by atoms with Crippen LogP contribution < -0.4 is 5.32 Å². The van der Waals surface area contributed by atoms with Crippen LogP contribution in [0.2, 0.25) is 0 Å². The molecule has 4 nitrogen and oxygen atoms in total. The molecule has 0 bridgehead atoms. The Balaban J connectivity index is 2.74. The van der Waals surface area contributed by atoms with Gasteiger partial charge in [-0.1, -0.05) is 0 Å². The van der Waals surface area contributed by atoms with Gasteiger partial charge in [-0.25, -0.2) is 4.79 Å². The maximum atomic E-state index is 11.0. The number of imide groups is 1. The normalized spacial score (nSPS) is 24.2. The van der Waals surface area contributed by atoms with Gasteiger partial charge in [0.15, 0.2) is 0 Å². The van der Waals surface area contributed by atoms with E-state index in [1.807, 2.05) is 6.92 Å². The van der Waals surface area contributed by atoms with Crippen molar-refractivity contribution in [1.82, 2.24) is 10.2 Å². The summed E-state index contributed by atoms with van der Waals surface area (Å²) in [6.07, 6.45) is 0. The standard InChI is InChI=1S/C6H10N2O2S/c1-2-8-4(3-11)5(9)7-6(8)10/h4,11H,2-3H2,1H3,(H,7,9,10). The molecule has 0 spiro atoms. The minimum atomic E-state index is -0.379. The SMILES string of the molecule is CCN1C(=O)NC(=O)C1CS. The lowest BCUT2D eigenvalue weighted by molar-refractivity contribution is -0.120. The summed E-state index contributed by atoms with van der Waals surface area (Å²) < 4.78 is 0. The molecule has 0 aromatic carbocycles. The van der Waals surface area contributed by atoms with E-state index in [1.165, 1.54) is 4.90 Å². The highest BCUT2D eigenvalue weighted by Crippen LogP contribution is 2.08. The Morgan fingerprint density at radius 1 is 1.64 bits per heavy atom. The van der Waals surface area contributed by atoms with Crippen molar-refractivity contribution in [2.75, 3.05) is 12.3 Å². The van der Waals surface area contributed by atoms with Gasteiger partial charge in [-0.2, -0.15) is 12.6 Å². The van der Waals surface area contributed by atoms with Gasteiger partial charge in [-0.15, -0.1) is 0 Å². The van der Waals surface area contributed by atoms with Crippen molar-refractivity contribution >= 4 is 24.6 Å². The van der Waals surface area contributed by atoms with Crippen molar-refractivity contribution in [3.63, 3.8) is 0 Å². The second-order valence-corrected chi connectivity index (χ2v) is 2.64. The molecule has 1 N–H and O–H groups in total. The number of rotatable bonds is 2. The number of nitrogens with zero attached hydrogens (tertiary/aromatic N) is 1. The average Bonchev–Trinajstić information content (AvgIpc) is 2.24. The molecule has 62 valence electrons. The van der Waals surface area contributed by atoms with Crippen LogP contribution in [0.5, 0.6) is 0 Å². The molecule has 3 amide bonds. The topological polar surface area (TPSA) is 49.4 Å². The number of hydrogen-bond donors (Lipinski definition) is 2. The molecule has 0 aromatic rings. The first-order valence-corrected chi connectivity index (χ1v) is 4.06. The van der Waals surface area contributed by atoms with Gasteiger partial charge in [0.05, 0.1) is 0 Å². The van der Waals surface area contributed by atoms with Gasteiger partial charge in [-0.3, -0.25) is 10.1 Å². The highest BCUT2D eigenvalue weighted by atomic mass is 32.1. The van der Waals surface area contributed by atoms with Crippen LogP contribution >= 0.6 is 12.6 Å². The summed E-state index contributed by atoms with van der Waals surface area (Å²) in [5, 5.41) is 2.22. The molecule has 1 unspecified atom stereocenters. The lowest BCUT2D eigenvalue weighted by atomic mass is 10.3. The number of likely N-dealkylation sites (N-methyl/N-ethyl adjacent to an activating group) is 1. The van der Waals surface area contributed by atoms with E-state index in [4.69, 9.17) is 0 Å². The molecule has 0 aliphatic carbocycles. The quantitative estimate of drug-likeness (QED) is 0.452. The Morgan fingerprint density at radius 3 is 2.64 bits per heavy atom. The van der Waals surface area contributed by atoms with Crippen molar-refractivity contribution in [2.45, 2.75) is 13.0 Å². The summed E-state index contributed by atoms with van der Waals surface area (Å²) in [5.74, 6) is 0.137. The number of carbonyl (C=O) groups excluding carboxylic acids is 2. The van der Waals surface area contributed by atoms with Crippen LogP contribution in [0.4, 0.5) is 4.79 Å². The van der Waals surface area contributed by atoms with Gasteiger partial charge >= 0.3 is 6.03 Å². The molecule has 1 atom stereocenters. The Labute approximate surface area is 70.3 Å². The molecular formula is C6H10N2O2S. The molecule has 1 saturated heterocycles. The van der Waals surface area contributed by atoms with Crippen LogP contribution in [-0.2, 0) is 4.79 Å². The zero-order chi connectivity index (χ0) is 8.43. The van der Waals surface area contributed by atoms with Gasteiger partial charge < -0.3 is 4.90 Å². The van der Waals surface area contributed by atoms with E-state index in [0.717, 1.165) is 0 Å². The van der Waals surface area contributed by atoms with E-state index in [9.17, 15) is 9.59 Å². The lowest BCUT2D eigenvalue weighted by Crippen LogP contribution is -2.36. The lowest BCUT2D eigenvalue weighted by Gasteiger charge is -2.16. The van der Waals surface area contributed by atoms with Gasteiger partial charge in [0.1, 0.15) is 6.04 Å². The molecule has 1 aliphatic heterocycles. The molecule has 1 aliphatic rings. The van der Waals surface area contributed by atoms with Crippen LogP contribution in [0.25, 0.3) is 0 Å². The molecular weight excluding hydrogens is 164 g/mol. The minimum Gasteiger partial charge on any atom is -0.312 e. The number of hydrogen-bond acceptors (Lipinski definition) is 3. The summed E-state index contributed by atoms with van der Waals surface area (Å²) in [7, 11) is 0. The maximum Gasteiger partial charge on any atom is 0.324 e. The zero-order valence-corrected chi connectivity index (χ0v) is 7.10. The Hall–Kier alpha value is -0.710. The van der Waals surface area contributed by atoms with E-state index in [2.05, 4.69) is 17.9 Å². The van der Waals surface area contributed by atoms with Gasteiger partial charge in [0.2, 0.25) is 0 Å². The zero-order valence-electron chi connectivity index (χ0n) is 6.20. The fourth-order valence-corrected chi connectivity index (χ4v) is 1.45. The number of urea groups is 1. The van der Waals surface area contributed by atoms with Crippen molar-refractivity contribution in [3.8, 4) is 0 Å². The van der Waals surface area contributed by atoms with Crippen molar-refractivity contribution in [1.29, 1.82) is 0 Å². The molecule has 1 heterocycles. The molecule has 0 saturated carbocycles. The predicted molar refractivity (Wildman–Crippen MR) is 43.6 cm³/mol. The molecule has 0 aromatic heterocycles. The van der Waals surface area contributed by atoms with Crippen LogP contribution in [-0.4, -0.2) is 35.2 Å². The molecule has 1 rings (SSSR count). The van der Waals surface area contributed by atoms with E-state index in [0.29, 0.717) is 12.3 Å². The second kappa shape index (κ2) is 3.13.